The molecule has 0 bridgehead atoms. The van der Waals surface area contributed by atoms with E-state index < -0.39 is 0 Å². The summed E-state index contributed by atoms with van der Waals surface area (Å²) in [7, 11) is 1.67. The molecule has 0 heterocycles. The van der Waals surface area contributed by atoms with E-state index >= 15 is 0 Å². The summed E-state index contributed by atoms with van der Waals surface area (Å²) in [6, 6.07) is 14.8. The Morgan fingerprint density at radius 1 is 1.11 bits per heavy atom. The molecule has 0 aliphatic rings. The van der Waals surface area contributed by atoms with Crippen LogP contribution in [0.3, 0.4) is 0 Å². The molecule has 0 saturated heterocycles. The minimum Gasteiger partial charge on any atom is -0.355 e. The monoisotopic (exact) mass is 259 g/mol. The van der Waals surface area contributed by atoms with Gasteiger partial charge in [0.2, 0.25) is 0 Å². The van der Waals surface area contributed by atoms with Gasteiger partial charge in [0, 0.05) is 26.8 Å². The van der Waals surface area contributed by atoms with E-state index in [1.54, 1.807) is 7.11 Å². The van der Waals surface area contributed by atoms with Gasteiger partial charge in [-0.15, -0.1) is 0 Å². The summed E-state index contributed by atoms with van der Waals surface area (Å²) in [5.74, 6) is 0. The van der Waals surface area contributed by atoms with Crippen LogP contribution < -0.4 is 5.32 Å². The molecule has 0 aliphatic heterocycles. The van der Waals surface area contributed by atoms with Crippen LogP contribution in [0.4, 0.5) is 0 Å². The SMILES string of the molecule is CCOC(CNCc1cccc2ccccc12)OC. The lowest BCUT2D eigenvalue weighted by molar-refractivity contribution is -0.117. The van der Waals surface area contributed by atoms with Gasteiger partial charge in [0.05, 0.1) is 0 Å². The molecular weight excluding hydrogens is 238 g/mol. The van der Waals surface area contributed by atoms with Crippen LogP contribution in [-0.4, -0.2) is 26.6 Å². The fourth-order valence-electron chi connectivity index (χ4n) is 2.17. The van der Waals surface area contributed by atoms with Gasteiger partial charge in [-0.2, -0.15) is 0 Å². The van der Waals surface area contributed by atoms with Crippen LogP contribution >= 0.6 is 0 Å². The zero-order valence-electron chi connectivity index (χ0n) is 11.6. The smallest absolute Gasteiger partial charge is 0.169 e. The summed E-state index contributed by atoms with van der Waals surface area (Å²) in [6.07, 6.45) is -0.181. The highest BCUT2D eigenvalue weighted by molar-refractivity contribution is 5.85. The minimum atomic E-state index is -0.181. The second-order valence-corrected chi connectivity index (χ2v) is 4.39. The summed E-state index contributed by atoms with van der Waals surface area (Å²) in [5.41, 5.74) is 1.30. The predicted molar refractivity (Wildman–Crippen MR) is 78.1 cm³/mol. The summed E-state index contributed by atoms with van der Waals surface area (Å²) < 4.78 is 10.7. The zero-order chi connectivity index (χ0) is 13.5. The normalized spacial score (nSPS) is 12.7. The van der Waals surface area contributed by atoms with E-state index in [0.29, 0.717) is 13.2 Å². The molecule has 3 heteroatoms. The van der Waals surface area contributed by atoms with E-state index in [4.69, 9.17) is 9.47 Å². The first-order valence-electron chi connectivity index (χ1n) is 6.67. The van der Waals surface area contributed by atoms with E-state index in [-0.39, 0.29) is 6.29 Å². The molecule has 0 saturated carbocycles. The molecule has 3 nitrogen and oxygen atoms in total. The quantitative estimate of drug-likeness (QED) is 0.775. The van der Waals surface area contributed by atoms with Crippen LogP contribution in [0.1, 0.15) is 12.5 Å². The minimum absolute atomic E-state index is 0.181. The van der Waals surface area contributed by atoms with Crippen molar-refractivity contribution in [2.75, 3.05) is 20.3 Å². The number of rotatable bonds is 7. The Bertz CT molecular complexity index is 508. The molecule has 2 rings (SSSR count). The Kier molecular flexibility index (Phi) is 5.33. The van der Waals surface area contributed by atoms with Crippen molar-refractivity contribution in [1.82, 2.24) is 5.32 Å². The molecule has 0 aliphatic carbocycles. The maximum absolute atomic E-state index is 5.43. The van der Waals surface area contributed by atoms with Crippen molar-refractivity contribution in [2.24, 2.45) is 0 Å². The topological polar surface area (TPSA) is 30.5 Å². The summed E-state index contributed by atoms with van der Waals surface area (Å²) in [4.78, 5) is 0. The maximum atomic E-state index is 5.43. The lowest BCUT2D eigenvalue weighted by Gasteiger charge is -2.16. The molecule has 2 aromatic carbocycles. The number of fused-ring (bicyclic) bond motifs is 1. The summed E-state index contributed by atoms with van der Waals surface area (Å²) in [5, 5.41) is 5.95. The van der Waals surface area contributed by atoms with Crippen molar-refractivity contribution < 1.29 is 9.47 Å². The van der Waals surface area contributed by atoms with Gasteiger partial charge in [-0.3, -0.25) is 0 Å². The van der Waals surface area contributed by atoms with Crippen LogP contribution in [-0.2, 0) is 16.0 Å². The third-order valence-electron chi connectivity index (χ3n) is 3.12. The van der Waals surface area contributed by atoms with Gasteiger partial charge >= 0.3 is 0 Å². The van der Waals surface area contributed by atoms with Gasteiger partial charge in [-0.25, -0.2) is 0 Å². The number of benzene rings is 2. The van der Waals surface area contributed by atoms with Gasteiger partial charge in [0.25, 0.3) is 0 Å². The van der Waals surface area contributed by atoms with Crippen molar-refractivity contribution in [1.29, 1.82) is 0 Å². The molecular formula is C16H21NO2. The van der Waals surface area contributed by atoms with Crippen molar-refractivity contribution >= 4 is 10.8 Å². The molecule has 19 heavy (non-hydrogen) atoms. The van der Waals surface area contributed by atoms with Crippen LogP contribution in [0.15, 0.2) is 42.5 Å². The van der Waals surface area contributed by atoms with E-state index in [2.05, 4.69) is 47.8 Å². The van der Waals surface area contributed by atoms with Gasteiger partial charge in [-0.1, -0.05) is 42.5 Å². The van der Waals surface area contributed by atoms with Crippen LogP contribution in [0, 0.1) is 0 Å². The standard InChI is InChI=1S/C16H21NO2/c1-3-19-16(18-2)12-17-11-14-9-6-8-13-7-4-5-10-15(13)14/h4-10,16-17H,3,11-12H2,1-2H3. The first-order chi connectivity index (χ1) is 9.35. The summed E-state index contributed by atoms with van der Waals surface area (Å²) in [6.45, 7) is 4.13. The molecule has 102 valence electrons. The Hall–Kier alpha value is -1.42. The van der Waals surface area contributed by atoms with Crippen LogP contribution in [0.5, 0.6) is 0 Å². The molecule has 0 aromatic heterocycles. The summed E-state index contributed by atoms with van der Waals surface area (Å²) >= 11 is 0. The second kappa shape index (κ2) is 7.24. The Morgan fingerprint density at radius 3 is 2.68 bits per heavy atom. The van der Waals surface area contributed by atoms with Gasteiger partial charge in [-0.05, 0) is 23.3 Å². The lowest BCUT2D eigenvalue weighted by Crippen LogP contribution is -2.30. The molecule has 0 fully saturated rings. The lowest BCUT2D eigenvalue weighted by atomic mass is 10.0. The number of ether oxygens (including phenoxy) is 2. The van der Waals surface area contributed by atoms with Gasteiger partial charge in [0.15, 0.2) is 6.29 Å². The Morgan fingerprint density at radius 2 is 1.89 bits per heavy atom. The van der Waals surface area contributed by atoms with Crippen molar-refractivity contribution in [2.45, 2.75) is 19.8 Å². The highest BCUT2D eigenvalue weighted by Gasteiger charge is 2.06. The van der Waals surface area contributed by atoms with Gasteiger partial charge < -0.3 is 14.8 Å². The van der Waals surface area contributed by atoms with Crippen molar-refractivity contribution in [3.8, 4) is 0 Å². The third kappa shape index (κ3) is 3.77. The van der Waals surface area contributed by atoms with Crippen LogP contribution in [0.2, 0.25) is 0 Å². The highest BCUT2D eigenvalue weighted by atomic mass is 16.7. The van der Waals surface area contributed by atoms with Crippen LogP contribution in [0.25, 0.3) is 10.8 Å². The third-order valence-corrected chi connectivity index (χ3v) is 3.12. The second-order valence-electron chi connectivity index (χ2n) is 4.39. The number of hydrogen-bond donors (Lipinski definition) is 1. The molecule has 1 N–H and O–H groups in total. The van der Waals surface area contributed by atoms with Crippen molar-refractivity contribution in [3.05, 3.63) is 48.0 Å². The zero-order valence-corrected chi connectivity index (χ0v) is 11.6. The fourth-order valence-corrected chi connectivity index (χ4v) is 2.17. The molecule has 0 amide bonds. The number of methoxy groups -OCH3 is 1. The fraction of sp³-hybridized carbons (Fsp3) is 0.375. The Labute approximate surface area is 114 Å². The maximum Gasteiger partial charge on any atom is 0.169 e. The van der Waals surface area contributed by atoms with E-state index in [1.807, 2.05) is 6.92 Å². The molecule has 0 radical (unpaired) electrons. The molecule has 1 atom stereocenters. The predicted octanol–water partition coefficient (Wildman–Crippen LogP) is 2.94. The Balaban J connectivity index is 1.98. The highest BCUT2D eigenvalue weighted by Crippen LogP contribution is 2.18. The first-order valence-corrected chi connectivity index (χ1v) is 6.67. The average molecular weight is 259 g/mol. The van der Waals surface area contributed by atoms with Gasteiger partial charge in [0.1, 0.15) is 0 Å². The molecule has 0 spiro atoms. The average Bonchev–Trinajstić information content (AvgIpc) is 2.46. The van der Waals surface area contributed by atoms with Crippen molar-refractivity contribution in [3.63, 3.8) is 0 Å². The molecule has 1 unspecified atom stereocenters. The number of nitrogens with one attached hydrogen (secondary N) is 1. The first kappa shape index (κ1) is 14.0. The van der Waals surface area contributed by atoms with E-state index in [9.17, 15) is 0 Å². The van der Waals surface area contributed by atoms with E-state index in [1.165, 1.54) is 16.3 Å². The largest absolute Gasteiger partial charge is 0.355 e. The van der Waals surface area contributed by atoms with E-state index in [0.717, 1.165) is 6.54 Å². The number of hydrogen-bond acceptors (Lipinski definition) is 3. The molecule has 2 aromatic rings.